The molecule has 0 aromatic carbocycles. The molecule has 1 atom stereocenters. The van der Waals surface area contributed by atoms with Crippen LogP contribution in [0, 0.1) is 0 Å². The van der Waals surface area contributed by atoms with Crippen LogP contribution in [0.15, 0.2) is 12.2 Å². The number of carboxylic acids is 1. The summed E-state index contributed by atoms with van der Waals surface area (Å²) in [4.78, 5) is 21.2. The molecule has 0 saturated heterocycles. The van der Waals surface area contributed by atoms with E-state index < -0.39 is 5.97 Å². The van der Waals surface area contributed by atoms with Crippen molar-refractivity contribution in [2.24, 2.45) is 0 Å². The molecule has 1 aliphatic heterocycles. The Labute approximate surface area is 102 Å². The lowest BCUT2D eigenvalue weighted by atomic mass is 10.0. The second-order valence-corrected chi connectivity index (χ2v) is 4.40. The van der Waals surface area contributed by atoms with Crippen molar-refractivity contribution in [3.8, 4) is 0 Å². The summed E-state index contributed by atoms with van der Waals surface area (Å²) >= 11 is 0. The zero-order valence-electron chi connectivity index (χ0n) is 10.1. The number of carbonyl (C=O) groups is 2. The van der Waals surface area contributed by atoms with Crippen LogP contribution in [-0.4, -0.2) is 23.1 Å². The van der Waals surface area contributed by atoms with Gasteiger partial charge in [0.15, 0.2) is 0 Å². The molecule has 0 bridgehead atoms. The first kappa shape index (κ1) is 13.7. The van der Waals surface area contributed by atoms with Gasteiger partial charge in [-0.1, -0.05) is 25.3 Å². The maximum absolute atomic E-state index is 10.9. The molecule has 1 unspecified atom stereocenters. The normalized spacial score (nSPS) is 19.1. The van der Waals surface area contributed by atoms with Crippen LogP contribution in [-0.2, 0) is 14.3 Å². The summed E-state index contributed by atoms with van der Waals surface area (Å²) in [6, 6.07) is 0. The van der Waals surface area contributed by atoms with Crippen molar-refractivity contribution in [3.63, 3.8) is 0 Å². The lowest BCUT2D eigenvalue weighted by molar-refractivity contribution is -0.144. The van der Waals surface area contributed by atoms with E-state index in [1.54, 1.807) is 0 Å². The second-order valence-electron chi connectivity index (χ2n) is 4.40. The minimum Gasteiger partial charge on any atom is -0.481 e. The van der Waals surface area contributed by atoms with Gasteiger partial charge in [-0.15, -0.1) is 0 Å². The quantitative estimate of drug-likeness (QED) is 0.523. The van der Waals surface area contributed by atoms with Gasteiger partial charge in [0, 0.05) is 18.9 Å². The minimum absolute atomic E-state index is 0.0477. The molecule has 4 nitrogen and oxygen atoms in total. The Hall–Kier alpha value is -1.32. The third-order valence-corrected chi connectivity index (χ3v) is 2.85. The molecule has 1 rings (SSSR count). The van der Waals surface area contributed by atoms with Crippen LogP contribution >= 0.6 is 0 Å². The molecule has 1 aliphatic rings. The summed E-state index contributed by atoms with van der Waals surface area (Å²) in [5.74, 6) is -0.950. The average Bonchev–Trinajstić information content (AvgIpc) is 2.27. The third-order valence-electron chi connectivity index (χ3n) is 2.85. The van der Waals surface area contributed by atoms with Crippen LogP contribution < -0.4 is 0 Å². The third kappa shape index (κ3) is 6.76. The number of hydrogen-bond acceptors (Lipinski definition) is 3. The zero-order valence-corrected chi connectivity index (χ0v) is 10.1. The predicted molar refractivity (Wildman–Crippen MR) is 63.6 cm³/mol. The lowest BCUT2D eigenvalue weighted by Gasteiger charge is -2.18. The Morgan fingerprint density at radius 3 is 2.71 bits per heavy atom. The van der Waals surface area contributed by atoms with Gasteiger partial charge in [-0.3, -0.25) is 4.79 Å². The van der Waals surface area contributed by atoms with Crippen molar-refractivity contribution in [1.82, 2.24) is 0 Å². The molecule has 96 valence electrons. The molecule has 0 aliphatic carbocycles. The topological polar surface area (TPSA) is 63.6 Å². The van der Waals surface area contributed by atoms with E-state index >= 15 is 0 Å². The van der Waals surface area contributed by atoms with Gasteiger partial charge < -0.3 is 9.84 Å². The van der Waals surface area contributed by atoms with Crippen LogP contribution in [0.25, 0.3) is 0 Å². The number of carboxylic acid groups (broad SMARTS) is 1. The maximum Gasteiger partial charge on any atom is 0.330 e. The molecule has 0 aromatic rings. The van der Waals surface area contributed by atoms with Gasteiger partial charge in [-0.05, 0) is 19.3 Å². The van der Waals surface area contributed by atoms with Crippen molar-refractivity contribution >= 4 is 11.9 Å². The van der Waals surface area contributed by atoms with Crippen molar-refractivity contribution in [2.75, 3.05) is 0 Å². The smallest absolute Gasteiger partial charge is 0.330 e. The summed E-state index contributed by atoms with van der Waals surface area (Å²) < 4.78 is 5.14. The molecule has 0 saturated carbocycles. The fourth-order valence-electron chi connectivity index (χ4n) is 1.92. The average molecular weight is 240 g/mol. The summed E-state index contributed by atoms with van der Waals surface area (Å²) in [5.41, 5.74) is 0. The van der Waals surface area contributed by atoms with Crippen molar-refractivity contribution in [1.29, 1.82) is 0 Å². The first-order chi connectivity index (χ1) is 8.18. The Morgan fingerprint density at radius 1 is 1.29 bits per heavy atom. The number of rotatable bonds is 8. The highest BCUT2D eigenvalue weighted by Gasteiger charge is 2.14. The van der Waals surface area contributed by atoms with Gasteiger partial charge in [-0.25, -0.2) is 4.79 Å². The maximum atomic E-state index is 10.9. The number of esters is 1. The monoisotopic (exact) mass is 240 g/mol. The zero-order chi connectivity index (χ0) is 12.5. The highest BCUT2D eigenvalue weighted by Crippen LogP contribution is 2.15. The summed E-state index contributed by atoms with van der Waals surface area (Å²) in [7, 11) is 0. The standard InChI is InChI=1S/C13H20O4/c14-12(15)9-5-3-1-2-4-7-11-8-6-10-13(16)17-11/h6,10-11H,1-5,7-9H2,(H,14,15). The SMILES string of the molecule is O=C(O)CCCCCCCC1CC=CC(=O)O1. The molecule has 1 N–H and O–H groups in total. The summed E-state index contributed by atoms with van der Waals surface area (Å²) in [6.45, 7) is 0. The van der Waals surface area contributed by atoms with E-state index in [1.165, 1.54) is 6.08 Å². The van der Waals surface area contributed by atoms with Gasteiger partial charge in [0.1, 0.15) is 6.10 Å². The molecule has 0 spiro atoms. The molecular formula is C13H20O4. The van der Waals surface area contributed by atoms with Gasteiger partial charge in [0.25, 0.3) is 0 Å². The van der Waals surface area contributed by atoms with E-state index in [0.717, 1.165) is 44.9 Å². The van der Waals surface area contributed by atoms with Crippen molar-refractivity contribution in [3.05, 3.63) is 12.2 Å². The predicted octanol–water partition coefficient (Wildman–Crippen LogP) is 2.67. The number of ether oxygens (including phenoxy) is 1. The van der Waals surface area contributed by atoms with Crippen LogP contribution in [0.2, 0.25) is 0 Å². The molecule has 4 heteroatoms. The van der Waals surface area contributed by atoms with Gasteiger partial charge >= 0.3 is 11.9 Å². The van der Waals surface area contributed by atoms with E-state index in [0.29, 0.717) is 0 Å². The number of cyclic esters (lactones) is 1. The highest BCUT2D eigenvalue weighted by atomic mass is 16.5. The van der Waals surface area contributed by atoms with E-state index in [9.17, 15) is 9.59 Å². The lowest BCUT2D eigenvalue weighted by Crippen LogP contribution is -2.19. The Balaban J connectivity index is 1.92. The first-order valence-corrected chi connectivity index (χ1v) is 6.27. The summed E-state index contributed by atoms with van der Waals surface area (Å²) in [5, 5.41) is 8.46. The number of carbonyl (C=O) groups excluding carboxylic acids is 1. The van der Waals surface area contributed by atoms with Crippen LogP contribution in [0.4, 0.5) is 0 Å². The molecule has 1 heterocycles. The molecule has 0 amide bonds. The number of hydrogen-bond donors (Lipinski definition) is 1. The van der Waals surface area contributed by atoms with Crippen LogP contribution in [0.5, 0.6) is 0 Å². The van der Waals surface area contributed by atoms with E-state index in [-0.39, 0.29) is 18.5 Å². The van der Waals surface area contributed by atoms with E-state index in [2.05, 4.69) is 0 Å². The first-order valence-electron chi connectivity index (χ1n) is 6.27. The summed E-state index contributed by atoms with van der Waals surface area (Å²) in [6.07, 6.45) is 10.3. The fraction of sp³-hybridized carbons (Fsp3) is 0.692. The largest absolute Gasteiger partial charge is 0.481 e. The van der Waals surface area contributed by atoms with Gasteiger partial charge in [-0.2, -0.15) is 0 Å². The molecule has 17 heavy (non-hydrogen) atoms. The highest BCUT2D eigenvalue weighted by molar-refractivity contribution is 5.82. The molecule has 0 aromatic heterocycles. The van der Waals surface area contributed by atoms with Crippen molar-refractivity contribution < 1.29 is 19.4 Å². The number of aliphatic carboxylic acids is 1. The Morgan fingerprint density at radius 2 is 2.00 bits per heavy atom. The van der Waals surface area contributed by atoms with E-state index in [1.807, 2.05) is 6.08 Å². The van der Waals surface area contributed by atoms with E-state index in [4.69, 9.17) is 9.84 Å². The van der Waals surface area contributed by atoms with Crippen molar-refractivity contribution in [2.45, 2.75) is 57.5 Å². The minimum atomic E-state index is -0.717. The molecule has 0 fully saturated rings. The van der Waals surface area contributed by atoms with Crippen LogP contribution in [0.3, 0.4) is 0 Å². The van der Waals surface area contributed by atoms with Gasteiger partial charge in [0.2, 0.25) is 0 Å². The molecular weight excluding hydrogens is 220 g/mol. The Kier molecular flexibility index (Phi) is 6.37. The van der Waals surface area contributed by atoms with Gasteiger partial charge in [0.05, 0.1) is 0 Å². The second kappa shape index (κ2) is 7.87. The fourth-order valence-corrected chi connectivity index (χ4v) is 1.92. The van der Waals surface area contributed by atoms with Crippen LogP contribution in [0.1, 0.15) is 51.4 Å². The molecule has 0 radical (unpaired) electrons. The Bertz CT molecular complexity index is 283. The number of unbranched alkanes of at least 4 members (excludes halogenated alkanes) is 4.